The van der Waals surface area contributed by atoms with Crippen LogP contribution in [0.3, 0.4) is 0 Å². The lowest BCUT2D eigenvalue weighted by molar-refractivity contribution is 0.338. The normalized spacial score (nSPS) is 12.4. The largest absolute Gasteiger partial charge is 0.411 e. The van der Waals surface area contributed by atoms with E-state index in [1.165, 1.54) is 5.56 Å². The summed E-state index contributed by atoms with van der Waals surface area (Å²) >= 11 is 0. The van der Waals surface area contributed by atoms with Crippen molar-refractivity contribution in [3.05, 3.63) is 48.7 Å². The van der Waals surface area contributed by atoms with Gasteiger partial charge < -0.3 is 4.84 Å². The maximum atomic E-state index is 5.23. The van der Waals surface area contributed by atoms with Crippen LogP contribution in [0.4, 0.5) is 0 Å². The number of pyridine rings is 1. The Kier molecular flexibility index (Phi) is 2.88. The summed E-state index contributed by atoms with van der Waals surface area (Å²) in [4.78, 5) is 9.08. The number of fused-ring (bicyclic) bond motifs is 1. The smallest absolute Gasteiger partial charge is 0.157 e. The van der Waals surface area contributed by atoms with Gasteiger partial charge in [-0.3, -0.25) is 4.98 Å². The molecular weight excluding hydrogens is 200 g/mol. The first-order chi connectivity index (χ1) is 7.76. The summed E-state index contributed by atoms with van der Waals surface area (Å²) in [5.41, 5.74) is 2.05. The molecule has 2 N–H and O–H groups in total. The predicted molar refractivity (Wildman–Crippen MR) is 65.2 cm³/mol. The SMILES string of the molecule is C=CC(C)c1ccc2nccc(ON)c2c1. The van der Waals surface area contributed by atoms with Crippen molar-refractivity contribution >= 4 is 10.9 Å². The van der Waals surface area contributed by atoms with Gasteiger partial charge in [-0.05, 0) is 23.6 Å². The number of nitrogens with two attached hydrogens (primary N) is 1. The lowest BCUT2D eigenvalue weighted by Gasteiger charge is -2.09. The Labute approximate surface area is 94.5 Å². The number of nitrogens with zero attached hydrogens (tertiary/aromatic N) is 1. The molecule has 1 aromatic heterocycles. The Bertz CT molecular complexity index is 522. The van der Waals surface area contributed by atoms with Gasteiger partial charge in [-0.1, -0.05) is 19.1 Å². The molecule has 0 bridgehead atoms. The lowest BCUT2D eigenvalue weighted by Crippen LogP contribution is -2.02. The number of allylic oxidation sites excluding steroid dienone is 1. The highest BCUT2D eigenvalue weighted by atomic mass is 16.6. The van der Waals surface area contributed by atoms with Gasteiger partial charge in [0.25, 0.3) is 0 Å². The van der Waals surface area contributed by atoms with Gasteiger partial charge in [-0.15, -0.1) is 6.58 Å². The molecule has 3 nitrogen and oxygen atoms in total. The van der Waals surface area contributed by atoms with Crippen LogP contribution < -0.4 is 10.7 Å². The molecule has 0 fully saturated rings. The molecule has 1 heterocycles. The third kappa shape index (κ3) is 1.77. The van der Waals surface area contributed by atoms with Crippen molar-refractivity contribution in [2.75, 3.05) is 0 Å². The summed E-state index contributed by atoms with van der Waals surface area (Å²) in [6.07, 6.45) is 3.58. The first-order valence-electron chi connectivity index (χ1n) is 5.14. The fraction of sp³-hybridized carbons (Fsp3) is 0.154. The maximum absolute atomic E-state index is 5.23. The molecule has 0 spiro atoms. The second-order valence-corrected chi connectivity index (χ2v) is 3.73. The van der Waals surface area contributed by atoms with E-state index in [2.05, 4.69) is 18.5 Å². The van der Waals surface area contributed by atoms with Crippen molar-refractivity contribution in [2.45, 2.75) is 12.8 Å². The average Bonchev–Trinajstić information content (AvgIpc) is 2.36. The Balaban J connectivity index is 2.63. The van der Waals surface area contributed by atoms with Crippen molar-refractivity contribution < 1.29 is 4.84 Å². The van der Waals surface area contributed by atoms with E-state index in [4.69, 9.17) is 10.7 Å². The highest BCUT2D eigenvalue weighted by Crippen LogP contribution is 2.27. The van der Waals surface area contributed by atoms with Crippen molar-refractivity contribution in [1.82, 2.24) is 4.98 Å². The molecule has 2 rings (SSSR count). The van der Waals surface area contributed by atoms with E-state index in [1.54, 1.807) is 12.3 Å². The van der Waals surface area contributed by atoms with Gasteiger partial charge >= 0.3 is 0 Å². The summed E-state index contributed by atoms with van der Waals surface area (Å²) in [5, 5.41) is 0.927. The highest BCUT2D eigenvalue weighted by Gasteiger charge is 2.06. The van der Waals surface area contributed by atoms with E-state index in [0.717, 1.165) is 10.9 Å². The zero-order chi connectivity index (χ0) is 11.5. The number of hydrogen-bond acceptors (Lipinski definition) is 3. The van der Waals surface area contributed by atoms with Gasteiger partial charge in [0.15, 0.2) is 5.75 Å². The Morgan fingerprint density at radius 2 is 2.25 bits per heavy atom. The summed E-state index contributed by atoms with van der Waals surface area (Å²) in [5.74, 6) is 6.17. The first-order valence-corrected chi connectivity index (χ1v) is 5.14. The van der Waals surface area contributed by atoms with E-state index in [1.807, 2.05) is 24.3 Å². The third-order valence-electron chi connectivity index (χ3n) is 2.73. The van der Waals surface area contributed by atoms with Crippen LogP contribution >= 0.6 is 0 Å². The molecule has 0 aliphatic carbocycles. The molecule has 0 amide bonds. The number of aromatic nitrogens is 1. The zero-order valence-corrected chi connectivity index (χ0v) is 9.18. The van der Waals surface area contributed by atoms with E-state index in [-0.39, 0.29) is 0 Å². The number of hydrogen-bond donors (Lipinski definition) is 1. The van der Waals surface area contributed by atoms with Gasteiger partial charge in [0, 0.05) is 17.6 Å². The molecule has 0 saturated carbocycles. The molecule has 0 aliphatic rings. The summed E-state index contributed by atoms with van der Waals surface area (Å²) in [7, 11) is 0. The minimum atomic E-state index is 0.301. The van der Waals surface area contributed by atoms with Crippen molar-refractivity contribution in [1.29, 1.82) is 0 Å². The quantitative estimate of drug-likeness (QED) is 0.631. The topological polar surface area (TPSA) is 48.1 Å². The minimum Gasteiger partial charge on any atom is -0.411 e. The van der Waals surface area contributed by atoms with Crippen LogP contribution in [0.15, 0.2) is 43.1 Å². The van der Waals surface area contributed by atoms with Crippen LogP contribution in [0.5, 0.6) is 5.75 Å². The van der Waals surface area contributed by atoms with Crippen LogP contribution in [0.25, 0.3) is 10.9 Å². The number of rotatable bonds is 3. The molecule has 0 aliphatic heterocycles. The van der Waals surface area contributed by atoms with E-state index in [9.17, 15) is 0 Å². The van der Waals surface area contributed by atoms with Crippen molar-refractivity contribution in [3.63, 3.8) is 0 Å². The second-order valence-electron chi connectivity index (χ2n) is 3.73. The molecule has 1 unspecified atom stereocenters. The summed E-state index contributed by atoms with van der Waals surface area (Å²) in [6.45, 7) is 5.88. The molecule has 2 aromatic rings. The Morgan fingerprint density at radius 1 is 1.44 bits per heavy atom. The van der Waals surface area contributed by atoms with Crippen LogP contribution in [-0.4, -0.2) is 4.98 Å². The Hall–Kier alpha value is -1.87. The van der Waals surface area contributed by atoms with E-state index >= 15 is 0 Å². The van der Waals surface area contributed by atoms with Gasteiger partial charge in [-0.25, -0.2) is 0 Å². The van der Waals surface area contributed by atoms with Gasteiger partial charge in [0.05, 0.1) is 5.52 Å². The zero-order valence-electron chi connectivity index (χ0n) is 9.18. The standard InChI is InChI=1S/C13H14N2O/c1-3-9(2)10-4-5-12-11(8-10)13(16-14)6-7-15-12/h3-9H,1,14H2,2H3. The lowest BCUT2D eigenvalue weighted by atomic mass is 9.99. The van der Waals surface area contributed by atoms with Crippen LogP contribution in [0.1, 0.15) is 18.4 Å². The molecule has 0 radical (unpaired) electrons. The molecule has 16 heavy (non-hydrogen) atoms. The van der Waals surface area contributed by atoms with Gasteiger partial charge in [0.2, 0.25) is 0 Å². The molecule has 1 atom stereocenters. The first kappa shape index (κ1) is 10.6. The van der Waals surface area contributed by atoms with Gasteiger partial charge in [-0.2, -0.15) is 5.90 Å². The molecule has 82 valence electrons. The fourth-order valence-electron chi connectivity index (χ4n) is 1.66. The monoisotopic (exact) mass is 214 g/mol. The molecule has 3 heteroatoms. The van der Waals surface area contributed by atoms with Crippen molar-refractivity contribution in [3.8, 4) is 5.75 Å². The average molecular weight is 214 g/mol. The summed E-state index contributed by atoms with van der Waals surface area (Å²) in [6, 6.07) is 7.80. The molecule has 1 aromatic carbocycles. The molecular formula is C13H14N2O. The maximum Gasteiger partial charge on any atom is 0.157 e. The Morgan fingerprint density at radius 3 is 2.94 bits per heavy atom. The fourth-order valence-corrected chi connectivity index (χ4v) is 1.66. The van der Waals surface area contributed by atoms with Crippen LogP contribution in [0, 0.1) is 0 Å². The van der Waals surface area contributed by atoms with Gasteiger partial charge in [0.1, 0.15) is 0 Å². The van der Waals surface area contributed by atoms with Crippen molar-refractivity contribution in [2.24, 2.45) is 5.90 Å². The third-order valence-corrected chi connectivity index (χ3v) is 2.73. The second kappa shape index (κ2) is 4.33. The highest BCUT2D eigenvalue weighted by molar-refractivity contribution is 5.85. The van der Waals surface area contributed by atoms with E-state index in [0.29, 0.717) is 11.7 Å². The predicted octanol–water partition coefficient (Wildman–Crippen LogP) is 2.78. The molecule has 0 saturated heterocycles. The summed E-state index contributed by atoms with van der Waals surface area (Å²) < 4.78 is 0. The minimum absolute atomic E-state index is 0.301. The van der Waals surface area contributed by atoms with Crippen LogP contribution in [0.2, 0.25) is 0 Å². The van der Waals surface area contributed by atoms with E-state index < -0.39 is 0 Å². The van der Waals surface area contributed by atoms with Crippen LogP contribution in [-0.2, 0) is 0 Å². The number of benzene rings is 1.